The van der Waals surface area contributed by atoms with E-state index in [1.165, 1.54) is 7.11 Å². The zero-order valence-electron chi connectivity index (χ0n) is 10.4. The standard InChI is InChI=1S/C11H16F3NO3S/c1-18-10(16)8-5-19(17)9-4-6(11(12,13)14)2-3-7(9)15-8/h6-9,15H,2-5H2,1H3. The van der Waals surface area contributed by atoms with Crippen LogP contribution in [0.4, 0.5) is 13.2 Å². The van der Waals surface area contributed by atoms with Crippen molar-refractivity contribution in [2.75, 3.05) is 12.9 Å². The highest BCUT2D eigenvalue weighted by molar-refractivity contribution is 7.85. The molecule has 0 spiro atoms. The van der Waals surface area contributed by atoms with Gasteiger partial charge in [-0.25, -0.2) is 0 Å². The topological polar surface area (TPSA) is 55.4 Å². The molecule has 1 N–H and O–H groups in total. The van der Waals surface area contributed by atoms with Gasteiger partial charge in [-0.1, -0.05) is 0 Å². The van der Waals surface area contributed by atoms with Crippen LogP contribution >= 0.6 is 0 Å². The largest absolute Gasteiger partial charge is 0.468 e. The second kappa shape index (κ2) is 5.40. The first-order valence-corrected chi connectivity index (χ1v) is 7.49. The lowest BCUT2D eigenvalue weighted by atomic mass is 9.84. The molecule has 0 aromatic rings. The number of halogens is 3. The molecule has 0 bridgehead atoms. The van der Waals surface area contributed by atoms with Crippen LogP contribution in [0.2, 0.25) is 0 Å². The number of methoxy groups -OCH3 is 1. The average Bonchev–Trinajstić information content (AvgIpc) is 2.36. The summed E-state index contributed by atoms with van der Waals surface area (Å²) >= 11 is 0. The first-order chi connectivity index (χ1) is 8.82. The number of nitrogens with one attached hydrogen (secondary N) is 1. The first-order valence-electron chi connectivity index (χ1n) is 6.10. The lowest BCUT2D eigenvalue weighted by molar-refractivity contribution is -0.182. The molecular formula is C11H16F3NO3S. The van der Waals surface area contributed by atoms with Crippen LogP contribution < -0.4 is 5.32 Å². The zero-order chi connectivity index (χ0) is 14.2. The number of hydrogen-bond donors (Lipinski definition) is 1. The molecule has 1 aliphatic carbocycles. The molecule has 2 rings (SSSR count). The van der Waals surface area contributed by atoms with Gasteiger partial charge in [-0.2, -0.15) is 13.2 Å². The first kappa shape index (κ1) is 14.8. The predicted molar refractivity (Wildman–Crippen MR) is 62.9 cm³/mol. The van der Waals surface area contributed by atoms with Crippen molar-refractivity contribution >= 4 is 16.8 Å². The number of esters is 1. The van der Waals surface area contributed by atoms with Gasteiger partial charge in [0, 0.05) is 22.6 Å². The molecule has 19 heavy (non-hydrogen) atoms. The third-order valence-corrected chi connectivity index (χ3v) is 5.68. The van der Waals surface area contributed by atoms with Crippen molar-refractivity contribution < 1.29 is 26.9 Å². The molecule has 5 atom stereocenters. The fraction of sp³-hybridized carbons (Fsp3) is 0.909. The summed E-state index contributed by atoms with van der Waals surface area (Å²) < 4.78 is 54.7. The number of alkyl halides is 3. The Morgan fingerprint density at radius 2 is 2.05 bits per heavy atom. The number of carbonyl (C=O) groups excluding carboxylic acids is 1. The van der Waals surface area contributed by atoms with Gasteiger partial charge in [0.2, 0.25) is 0 Å². The van der Waals surface area contributed by atoms with E-state index in [9.17, 15) is 22.2 Å². The summed E-state index contributed by atoms with van der Waals surface area (Å²) in [6, 6.07) is -0.966. The van der Waals surface area contributed by atoms with Gasteiger partial charge in [0.15, 0.2) is 0 Å². The summed E-state index contributed by atoms with van der Waals surface area (Å²) in [5.74, 6) is -1.86. The number of carbonyl (C=O) groups is 1. The maximum atomic E-state index is 12.7. The average molecular weight is 299 g/mol. The van der Waals surface area contributed by atoms with E-state index in [4.69, 9.17) is 0 Å². The summed E-state index contributed by atoms with van der Waals surface area (Å²) in [4.78, 5) is 11.4. The predicted octanol–water partition coefficient (Wildman–Crippen LogP) is 0.979. The Hall–Kier alpha value is -0.630. The normalized spacial score (nSPS) is 39.5. The molecule has 2 aliphatic rings. The fourth-order valence-corrected chi connectivity index (χ4v) is 4.62. The molecule has 5 unspecified atom stereocenters. The van der Waals surface area contributed by atoms with Crippen LogP contribution in [0, 0.1) is 5.92 Å². The van der Waals surface area contributed by atoms with Crippen LogP contribution in [-0.4, -0.2) is 46.6 Å². The minimum Gasteiger partial charge on any atom is -0.468 e. The smallest absolute Gasteiger partial charge is 0.391 e. The Morgan fingerprint density at radius 1 is 1.37 bits per heavy atom. The molecule has 0 aromatic carbocycles. The Balaban J connectivity index is 2.05. The maximum Gasteiger partial charge on any atom is 0.391 e. The van der Waals surface area contributed by atoms with Crippen LogP contribution in [0.3, 0.4) is 0 Å². The third-order valence-electron chi connectivity index (χ3n) is 3.82. The molecule has 2 fully saturated rings. The Labute approximate surface area is 111 Å². The van der Waals surface area contributed by atoms with E-state index in [-0.39, 0.29) is 31.1 Å². The summed E-state index contributed by atoms with van der Waals surface area (Å²) in [5, 5.41) is 2.45. The van der Waals surface area contributed by atoms with E-state index in [1.807, 2.05) is 0 Å². The number of fused-ring (bicyclic) bond motifs is 1. The minimum atomic E-state index is -4.23. The zero-order valence-corrected chi connectivity index (χ0v) is 11.2. The van der Waals surface area contributed by atoms with E-state index >= 15 is 0 Å². The molecule has 1 heterocycles. The Bertz CT molecular complexity index is 388. The summed E-state index contributed by atoms with van der Waals surface area (Å²) in [6.07, 6.45) is -4.05. The van der Waals surface area contributed by atoms with E-state index in [0.717, 1.165) is 0 Å². The van der Waals surface area contributed by atoms with Gasteiger partial charge in [-0.05, 0) is 19.3 Å². The number of ether oxygens (including phenoxy) is 1. The minimum absolute atomic E-state index is 0.0166. The van der Waals surface area contributed by atoms with Gasteiger partial charge in [0.1, 0.15) is 6.04 Å². The van der Waals surface area contributed by atoms with Crippen molar-refractivity contribution in [3.8, 4) is 0 Å². The summed E-state index contributed by atoms with van der Waals surface area (Å²) in [5.41, 5.74) is 0. The van der Waals surface area contributed by atoms with Crippen LogP contribution in [0.15, 0.2) is 0 Å². The molecule has 8 heteroatoms. The molecule has 1 saturated heterocycles. The van der Waals surface area contributed by atoms with Crippen molar-refractivity contribution in [1.82, 2.24) is 5.32 Å². The molecule has 0 amide bonds. The number of rotatable bonds is 1. The Morgan fingerprint density at radius 3 is 2.63 bits per heavy atom. The van der Waals surface area contributed by atoms with E-state index in [2.05, 4.69) is 10.1 Å². The van der Waals surface area contributed by atoms with E-state index in [0.29, 0.717) is 0 Å². The van der Waals surface area contributed by atoms with E-state index < -0.39 is 40.2 Å². The fourth-order valence-electron chi connectivity index (χ4n) is 2.78. The van der Waals surface area contributed by atoms with Gasteiger partial charge in [-0.15, -0.1) is 0 Å². The third kappa shape index (κ3) is 3.10. The molecule has 110 valence electrons. The molecular weight excluding hydrogens is 283 g/mol. The second-order valence-corrected chi connectivity index (χ2v) is 6.69. The molecule has 0 aromatic heterocycles. The van der Waals surface area contributed by atoms with Crippen LogP contribution in [-0.2, 0) is 20.3 Å². The van der Waals surface area contributed by atoms with Crippen molar-refractivity contribution in [2.24, 2.45) is 5.92 Å². The highest BCUT2D eigenvalue weighted by Gasteiger charge is 2.49. The summed E-state index contributed by atoms with van der Waals surface area (Å²) in [7, 11) is -0.192. The van der Waals surface area contributed by atoms with Crippen LogP contribution in [0.25, 0.3) is 0 Å². The molecule has 1 saturated carbocycles. The molecule has 0 radical (unpaired) electrons. The van der Waals surface area contributed by atoms with Crippen molar-refractivity contribution in [1.29, 1.82) is 0 Å². The molecule has 4 nitrogen and oxygen atoms in total. The molecule has 1 aliphatic heterocycles. The SMILES string of the molecule is COC(=O)C1CS(=O)C2CC(C(F)(F)F)CCC2N1. The monoisotopic (exact) mass is 299 g/mol. The lowest BCUT2D eigenvalue weighted by Gasteiger charge is -2.41. The van der Waals surface area contributed by atoms with E-state index in [1.54, 1.807) is 0 Å². The number of hydrogen-bond acceptors (Lipinski definition) is 4. The van der Waals surface area contributed by atoms with Gasteiger partial charge < -0.3 is 4.74 Å². The van der Waals surface area contributed by atoms with Gasteiger partial charge in [-0.3, -0.25) is 14.3 Å². The van der Waals surface area contributed by atoms with Crippen LogP contribution in [0.5, 0.6) is 0 Å². The maximum absolute atomic E-state index is 12.7. The van der Waals surface area contributed by atoms with Crippen molar-refractivity contribution in [3.05, 3.63) is 0 Å². The van der Waals surface area contributed by atoms with Gasteiger partial charge in [0.25, 0.3) is 0 Å². The highest BCUT2D eigenvalue weighted by atomic mass is 32.2. The Kier molecular flexibility index (Phi) is 4.20. The van der Waals surface area contributed by atoms with Crippen molar-refractivity contribution in [2.45, 2.75) is 42.8 Å². The van der Waals surface area contributed by atoms with Crippen LogP contribution in [0.1, 0.15) is 19.3 Å². The van der Waals surface area contributed by atoms with Crippen molar-refractivity contribution in [3.63, 3.8) is 0 Å². The van der Waals surface area contributed by atoms with Gasteiger partial charge >= 0.3 is 12.1 Å². The quantitative estimate of drug-likeness (QED) is 0.733. The highest BCUT2D eigenvalue weighted by Crippen LogP contribution is 2.40. The van der Waals surface area contributed by atoms with Gasteiger partial charge in [0.05, 0.1) is 18.3 Å². The summed E-state index contributed by atoms with van der Waals surface area (Å²) in [6.45, 7) is 0. The second-order valence-electron chi connectivity index (χ2n) is 4.99. The lowest BCUT2D eigenvalue weighted by Crippen LogP contribution is -2.60.